The summed E-state index contributed by atoms with van der Waals surface area (Å²) in [4.78, 5) is 14.4. The van der Waals surface area contributed by atoms with Crippen LogP contribution in [0.4, 0.5) is 0 Å². The molecule has 3 atom stereocenters. The first-order valence-corrected chi connectivity index (χ1v) is 5.32. The Hall–Kier alpha value is -0.900. The van der Waals surface area contributed by atoms with Crippen LogP contribution >= 0.6 is 11.6 Å². The summed E-state index contributed by atoms with van der Waals surface area (Å²) in [7, 11) is 0. The Morgan fingerprint density at radius 2 is 2.20 bits per heavy atom. The molecule has 1 fully saturated rings. The van der Waals surface area contributed by atoms with Gasteiger partial charge >= 0.3 is 0 Å². The van der Waals surface area contributed by atoms with Gasteiger partial charge in [0.15, 0.2) is 0 Å². The van der Waals surface area contributed by atoms with Gasteiger partial charge in [0.05, 0.1) is 0 Å². The highest BCUT2D eigenvalue weighted by Gasteiger charge is 2.35. The molecule has 4 rings (SSSR count). The molecular formula is C11H10ClNO2. The van der Waals surface area contributed by atoms with Crippen LogP contribution in [0.3, 0.4) is 0 Å². The molecule has 3 nitrogen and oxygen atoms in total. The van der Waals surface area contributed by atoms with Gasteiger partial charge < -0.3 is 0 Å². The number of hydrogen-bond donors (Lipinski definition) is 0. The Balaban J connectivity index is 1.89. The van der Waals surface area contributed by atoms with E-state index in [1.165, 1.54) is 0 Å². The van der Waals surface area contributed by atoms with Crippen molar-refractivity contribution in [2.24, 2.45) is 0 Å². The van der Waals surface area contributed by atoms with Crippen molar-refractivity contribution in [3.8, 4) is 0 Å². The monoisotopic (exact) mass is 223 g/mol. The molecule has 1 aromatic rings. The zero-order valence-electron chi connectivity index (χ0n) is 7.97. The van der Waals surface area contributed by atoms with Crippen molar-refractivity contribution in [3.05, 3.63) is 41.2 Å². The molecule has 0 amide bonds. The lowest BCUT2D eigenvalue weighted by molar-refractivity contribution is -0.366. The average molecular weight is 224 g/mol. The molecule has 4 heteroatoms. The summed E-state index contributed by atoms with van der Waals surface area (Å²) in [6.45, 7) is 0. The third-order valence-electron chi connectivity index (χ3n) is 2.87. The number of aromatic nitrogens is 1. The van der Waals surface area contributed by atoms with E-state index in [1.54, 1.807) is 0 Å². The lowest BCUT2D eigenvalue weighted by Gasteiger charge is -2.36. The van der Waals surface area contributed by atoms with Gasteiger partial charge in [-0.3, -0.25) is 0 Å². The molecule has 15 heavy (non-hydrogen) atoms. The van der Waals surface area contributed by atoms with E-state index in [-0.39, 0.29) is 12.2 Å². The first-order valence-electron chi connectivity index (χ1n) is 4.95. The molecule has 1 aromatic heterocycles. The fraction of sp³-hybridized carbons (Fsp3) is 0.364. The predicted molar refractivity (Wildman–Crippen MR) is 55.5 cm³/mol. The van der Waals surface area contributed by atoms with Gasteiger partial charge in [0.2, 0.25) is 0 Å². The van der Waals surface area contributed by atoms with E-state index in [9.17, 15) is 0 Å². The van der Waals surface area contributed by atoms with E-state index in [1.807, 2.05) is 24.4 Å². The maximum Gasteiger partial charge on any atom is 0.129 e. The number of fused-ring (bicyclic) bond motifs is 2. The third kappa shape index (κ3) is 1.67. The second-order valence-corrected chi connectivity index (χ2v) is 4.22. The van der Waals surface area contributed by atoms with Crippen molar-refractivity contribution in [1.82, 2.24) is 4.98 Å². The highest BCUT2D eigenvalue weighted by atomic mass is 35.5. The van der Waals surface area contributed by atoms with Gasteiger partial charge in [-0.25, -0.2) is 14.8 Å². The van der Waals surface area contributed by atoms with Crippen molar-refractivity contribution >= 4 is 11.6 Å². The lowest BCUT2D eigenvalue weighted by atomic mass is 9.84. The second kappa shape index (κ2) is 3.59. The molecule has 2 bridgehead atoms. The van der Waals surface area contributed by atoms with Crippen LogP contribution in [-0.4, -0.2) is 17.2 Å². The molecule has 3 heterocycles. The van der Waals surface area contributed by atoms with E-state index in [0.29, 0.717) is 11.1 Å². The van der Waals surface area contributed by atoms with Crippen LogP contribution in [0, 0.1) is 0 Å². The van der Waals surface area contributed by atoms with Gasteiger partial charge in [-0.1, -0.05) is 29.8 Å². The Morgan fingerprint density at radius 1 is 1.27 bits per heavy atom. The summed E-state index contributed by atoms with van der Waals surface area (Å²) in [5.74, 6) is 0.332. The quantitative estimate of drug-likeness (QED) is 0.416. The summed E-state index contributed by atoms with van der Waals surface area (Å²) in [5.41, 5.74) is 1.15. The summed E-state index contributed by atoms with van der Waals surface area (Å²) < 4.78 is 0. The summed E-state index contributed by atoms with van der Waals surface area (Å²) >= 11 is 5.75. The molecule has 0 N–H and O–H groups in total. The molecule has 2 aliphatic heterocycles. The number of rotatable bonds is 1. The summed E-state index contributed by atoms with van der Waals surface area (Å²) in [5, 5.41) is 0.521. The number of halogens is 1. The minimum absolute atomic E-state index is 0.0120. The maximum absolute atomic E-state index is 5.75. The molecule has 0 radical (unpaired) electrons. The van der Waals surface area contributed by atoms with Crippen LogP contribution in [-0.2, 0) is 9.78 Å². The zero-order valence-corrected chi connectivity index (χ0v) is 8.72. The fourth-order valence-corrected chi connectivity index (χ4v) is 2.18. The third-order valence-corrected chi connectivity index (χ3v) is 3.09. The number of hydrogen-bond acceptors (Lipinski definition) is 3. The molecule has 1 aliphatic carbocycles. The van der Waals surface area contributed by atoms with E-state index in [0.717, 1.165) is 12.0 Å². The molecule has 78 valence electrons. The van der Waals surface area contributed by atoms with Gasteiger partial charge in [0.25, 0.3) is 0 Å². The van der Waals surface area contributed by atoms with Crippen LogP contribution in [0.25, 0.3) is 0 Å². The van der Waals surface area contributed by atoms with E-state index in [2.05, 4.69) is 11.1 Å². The minimum Gasteiger partial charge on any atom is -0.244 e. The molecule has 1 saturated heterocycles. The van der Waals surface area contributed by atoms with E-state index >= 15 is 0 Å². The first-order chi connectivity index (χ1) is 7.33. The van der Waals surface area contributed by atoms with Crippen LogP contribution in [0.15, 0.2) is 30.5 Å². The molecular weight excluding hydrogens is 214 g/mol. The van der Waals surface area contributed by atoms with Crippen molar-refractivity contribution in [2.75, 3.05) is 0 Å². The van der Waals surface area contributed by atoms with E-state index in [4.69, 9.17) is 21.4 Å². The Labute approximate surface area is 92.6 Å². The predicted octanol–water partition coefficient (Wildman–Crippen LogP) is 2.48. The van der Waals surface area contributed by atoms with Crippen molar-refractivity contribution < 1.29 is 9.78 Å². The van der Waals surface area contributed by atoms with Crippen LogP contribution in [0.2, 0.25) is 5.15 Å². The summed E-state index contributed by atoms with van der Waals surface area (Å²) in [6, 6.07) is 3.81. The van der Waals surface area contributed by atoms with Crippen LogP contribution in [0.1, 0.15) is 17.9 Å². The smallest absolute Gasteiger partial charge is 0.129 e. The van der Waals surface area contributed by atoms with E-state index < -0.39 is 0 Å². The Kier molecular flexibility index (Phi) is 2.24. The molecule has 0 aromatic carbocycles. The van der Waals surface area contributed by atoms with Gasteiger partial charge in [-0.15, -0.1) is 0 Å². The number of pyridine rings is 1. The topological polar surface area (TPSA) is 31.4 Å². The van der Waals surface area contributed by atoms with Gasteiger partial charge in [-0.05, 0) is 18.1 Å². The first kappa shape index (κ1) is 9.33. The van der Waals surface area contributed by atoms with Gasteiger partial charge in [0, 0.05) is 12.1 Å². The average Bonchev–Trinajstić information content (AvgIpc) is 2.31. The summed E-state index contributed by atoms with van der Waals surface area (Å²) in [6.07, 6.45) is 6.95. The minimum atomic E-state index is 0.0120. The molecule has 0 spiro atoms. The SMILES string of the molecule is Clc1ccc([C@H]2C[C@@H]3C=C[C@H]2OO3)cn1. The van der Waals surface area contributed by atoms with Crippen LogP contribution < -0.4 is 0 Å². The Bertz CT molecular complexity index is 390. The number of nitrogens with zero attached hydrogens (tertiary/aromatic N) is 1. The fourth-order valence-electron chi connectivity index (χ4n) is 2.07. The zero-order chi connectivity index (χ0) is 10.3. The Morgan fingerprint density at radius 3 is 2.73 bits per heavy atom. The van der Waals surface area contributed by atoms with Crippen LogP contribution in [0.5, 0.6) is 0 Å². The normalized spacial score (nSPS) is 33.3. The highest BCUT2D eigenvalue weighted by molar-refractivity contribution is 6.29. The molecule has 0 unspecified atom stereocenters. The van der Waals surface area contributed by atoms with Crippen molar-refractivity contribution in [2.45, 2.75) is 24.5 Å². The van der Waals surface area contributed by atoms with Gasteiger partial charge in [0.1, 0.15) is 17.4 Å². The van der Waals surface area contributed by atoms with Gasteiger partial charge in [-0.2, -0.15) is 0 Å². The maximum atomic E-state index is 5.75. The second-order valence-electron chi connectivity index (χ2n) is 3.84. The molecule has 0 saturated carbocycles. The lowest BCUT2D eigenvalue weighted by Crippen LogP contribution is -2.36. The molecule has 3 aliphatic rings. The van der Waals surface area contributed by atoms with Crippen molar-refractivity contribution in [3.63, 3.8) is 0 Å². The highest BCUT2D eigenvalue weighted by Crippen LogP contribution is 2.37. The van der Waals surface area contributed by atoms with Crippen molar-refractivity contribution in [1.29, 1.82) is 0 Å². The largest absolute Gasteiger partial charge is 0.244 e. The standard InChI is InChI=1S/C11H10ClNO2/c12-11-4-1-7(6-13-11)9-5-8-2-3-10(9)15-14-8/h1-4,6,8-10H,5H2/t8-,9+,10+/m0/s1.